The van der Waals surface area contributed by atoms with Gasteiger partial charge in [-0.2, -0.15) is 5.10 Å². The molecule has 1 aliphatic heterocycles. The lowest BCUT2D eigenvalue weighted by Crippen LogP contribution is -2.45. The molecule has 190 valence electrons. The predicted octanol–water partition coefficient (Wildman–Crippen LogP) is 3.36. The van der Waals surface area contributed by atoms with Crippen molar-refractivity contribution in [2.24, 2.45) is 5.10 Å². The Hall–Kier alpha value is -3.92. The standard InChI is InChI=1S/C26H30N4O5S/c1-5-33-25(32)23-17(4)28-26(36)29-24(23)20-11-6-7-12-21(20)34-15-22(31)30-27-14-18-9-8-10-19(13-18)35-16(2)3/h6-14,16,24H,5,15H2,1-4H3,(H,30,31)(H2,28,29,36)/t24-/m1/s1. The smallest absolute Gasteiger partial charge is 0.338 e. The van der Waals surface area contributed by atoms with E-state index in [1.165, 1.54) is 6.21 Å². The first-order valence-electron chi connectivity index (χ1n) is 11.5. The number of carbonyl (C=O) groups excluding carboxylic acids is 2. The number of nitrogens with zero attached hydrogens (tertiary/aromatic N) is 1. The highest BCUT2D eigenvalue weighted by atomic mass is 32.1. The molecule has 0 fully saturated rings. The highest BCUT2D eigenvalue weighted by Gasteiger charge is 2.32. The molecule has 0 spiro atoms. The Kier molecular flexibility index (Phi) is 9.40. The van der Waals surface area contributed by atoms with Crippen molar-refractivity contribution in [1.82, 2.24) is 16.1 Å². The third-order valence-electron chi connectivity index (χ3n) is 4.99. The summed E-state index contributed by atoms with van der Waals surface area (Å²) in [6, 6.07) is 13.9. The maximum absolute atomic E-state index is 12.7. The van der Waals surface area contributed by atoms with Crippen molar-refractivity contribution in [2.45, 2.75) is 39.8 Å². The summed E-state index contributed by atoms with van der Waals surface area (Å²) >= 11 is 5.29. The van der Waals surface area contributed by atoms with E-state index in [9.17, 15) is 9.59 Å². The van der Waals surface area contributed by atoms with Crippen LogP contribution in [0.3, 0.4) is 0 Å². The van der Waals surface area contributed by atoms with Gasteiger partial charge < -0.3 is 24.8 Å². The van der Waals surface area contributed by atoms with Gasteiger partial charge in [-0.15, -0.1) is 0 Å². The summed E-state index contributed by atoms with van der Waals surface area (Å²) in [7, 11) is 0. The second kappa shape index (κ2) is 12.7. The number of esters is 1. The number of carbonyl (C=O) groups is 2. The van der Waals surface area contributed by atoms with Crippen molar-refractivity contribution >= 4 is 35.4 Å². The summed E-state index contributed by atoms with van der Waals surface area (Å²) < 4.78 is 16.7. The van der Waals surface area contributed by atoms with Crippen LogP contribution in [0.5, 0.6) is 11.5 Å². The second-order valence-corrected chi connectivity index (χ2v) is 8.56. The van der Waals surface area contributed by atoms with Gasteiger partial charge in [-0.3, -0.25) is 4.79 Å². The van der Waals surface area contributed by atoms with Crippen LogP contribution in [-0.2, 0) is 14.3 Å². The monoisotopic (exact) mass is 510 g/mol. The molecule has 3 rings (SSSR count). The van der Waals surface area contributed by atoms with Gasteiger partial charge in [-0.05, 0) is 63.7 Å². The van der Waals surface area contributed by atoms with E-state index >= 15 is 0 Å². The molecule has 2 aromatic carbocycles. The minimum atomic E-state index is -0.601. The van der Waals surface area contributed by atoms with E-state index in [2.05, 4.69) is 21.2 Å². The fourth-order valence-corrected chi connectivity index (χ4v) is 3.82. The molecule has 0 aliphatic carbocycles. The number of para-hydroxylation sites is 1. The number of hydrogen-bond acceptors (Lipinski definition) is 7. The third kappa shape index (κ3) is 7.29. The van der Waals surface area contributed by atoms with Gasteiger partial charge >= 0.3 is 5.97 Å². The molecule has 0 saturated heterocycles. The molecule has 1 amide bonds. The molecule has 2 aromatic rings. The average Bonchev–Trinajstić information content (AvgIpc) is 2.82. The summed E-state index contributed by atoms with van der Waals surface area (Å²) in [5.41, 5.74) is 4.85. The van der Waals surface area contributed by atoms with Crippen LogP contribution in [0.4, 0.5) is 0 Å². The van der Waals surface area contributed by atoms with Gasteiger partial charge in [-0.25, -0.2) is 10.2 Å². The maximum Gasteiger partial charge on any atom is 0.338 e. The molecule has 3 N–H and O–H groups in total. The third-order valence-corrected chi connectivity index (χ3v) is 5.21. The van der Waals surface area contributed by atoms with Gasteiger partial charge in [0.25, 0.3) is 5.91 Å². The molecular formula is C26H30N4O5S. The summed E-state index contributed by atoms with van der Waals surface area (Å²) in [4.78, 5) is 25.0. The van der Waals surface area contributed by atoms with Gasteiger partial charge in [0.05, 0.1) is 30.5 Å². The number of nitrogens with one attached hydrogen (secondary N) is 3. The normalized spacial score (nSPS) is 15.4. The van der Waals surface area contributed by atoms with Crippen LogP contribution in [0.15, 0.2) is 64.9 Å². The summed E-state index contributed by atoms with van der Waals surface area (Å²) in [6.07, 6.45) is 1.58. The summed E-state index contributed by atoms with van der Waals surface area (Å²) in [6.45, 7) is 7.35. The van der Waals surface area contributed by atoms with Crippen LogP contribution in [0.1, 0.15) is 44.9 Å². The molecule has 1 heterocycles. The van der Waals surface area contributed by atoms with Crippen LogP contribution < -0.4 is 25.5 Å². The number of benzene rings is 2. The van der Waals surface area contributed by atoms with E-state index in [4.69, 9.17) is 26.4 Å². The Morgan fingerprint density at radius 3 is 2.72 bits per heavy atom. The topological polar surface area (TPSA) is 110 Å². The molecule has 0 aromatic heterocycles. The molecule has 0 unspecified atom stereocenters. The van der Waals surface area contributed by atoms with E-state index in [0.717, 1.165) is 11.3 Å². The highest BCUT2D eigenvalue weighted by molar-refractivity contribution is 7.80. The minimum Gasteiger partial charge on any atom is -0.491 e. The fourth-order valence-electron chi connectivity index (χ4n) is 3.55. The molecule has 1 atom stereocenters. The first-order valence-corrected chi connectivity index (χ1v) is 11.9. The van der Waals surface area contributed by atoms with E-state index in [1.54, 1.807) is 32.0 Å². The zero-order valence-electron chi connectivity index (χ0n) is 20.7. The molecule has 1 aliphatic rings. The van der Waals surface area contributed by atoms with E-state index in [0.29, 0.717) is 27.7 Å². The van der Waals surface area contributed by atoms with Crippen LogP contribution in [0.25, 0.3) is 0 Å². The van der Waals surface area contributed by atoms with Crippen molar-refractivity contribution in [1.29, 1.82) is 0 Å². The zero-order valence-corrected chi connectivity index (χ0v) is 21.5. The van der Waals surface area contributed by atoms with Gasteiger partial charge in [0.1, 0.15) is 11.5 Å². The van der Waals surface area contributed by atoms with Crippen LogP contribution in [0.2, 0.25) is 0 Å². The number of hydrogen-bond donors (Lipinski definition) is 3. The summed E-state index contributed by atoms with van der Waals surface area (Å²) in [5, 5.41) is 10.4. The SMILES string of the molecule is CCOC(=O)C1=C(C)NC(=S)N[C@@H]1c1ccccc1OCC(=O)NN=Cc1cccc(OC(C)C)c1. The number of hydrazone groups is 1. The van der Waals surface area contributed by atoms with Gasteiger partial charge in [0.2, 0.25) is 0 Å². The fraction of sp³-hybridized carbons (Fsp3) is 0.308. The van der Waals surface area contributed by atoms with Crippen LogP contribution >= 0.6 is 12.2 Å². The Morgan fingerprint density at radius 2 is 1.97 bits per heavy atom. The molecule has 0 saturated carbocycles. The molecule has 0 bridgehead atoms. The van der Waals surface area contributed by atoms with Gasteiger partial charge in [-0.1, -0.05) is 30.3 Å². The number of thiocarbonyl (C=S) groups is 1. The second-order valence-electron chi connectivity index (χ2n) is 8.15. The molecule has 9 nitrogen and oxygen atoms in total. The van der Waals surface area contributed by atoms with Crippen molar-refractivity contribution in [3.05, 3.63) is 70.9 Å². The van der Waals surface area contributed by atoms with E-state index in [-0.39, 0.29) is 19.3 Å². The number of rotatable bonds is 10. The molecule has 36 heavy (non-hydrogen) atoms. The molecular weight excluding hydrogens is 480 g/mol. The van der Waals surface area contributed by atoms with Crippen molar-refractivity contribution in [2.75, 3.05) is 13.2 Å². The first kappa shape index (κ1) is 26.7. The predicted molar refractivity (Wildman–Crippen MR) is 141 cm³/mol. The zero-order chi connectivity index (χ0) is 26.1. The largest absolute Gasteiger partial charge is 0.491 e. The number of allylic oxidation sites excluding steroid dienone is 1. The van der Waals surface area contributed by atoms with E-state index < -0.39 is 17.9 Å². The highest BCUT2D eigenvalue weighted by Crippen LogP contribution is 2.33. The Labute approximate surface area is 215 Å². The minimum absolute atomic E-state index is 0.0559. The Bertz CT molecular complexity index is 1180. The van der Waals surface area contributed by atoms with Crippen molar-refractivity contribution < 1.29 is 23.8 Å². The summed E-state index contributed by atoms with van der Waals surface area (Å²) in [5.74, 6) is 0.235. The van der Waals surface area contributed by atoms with Gasteiger partial charge in [0, 0.05) is 11.3 Å². The number of amides is 1. The quantitative estimate of drug-likeness (QED) is 0.193. The first-order chi connectivity index (χ1) is 17.3. The number of ether oxygens (including phenoxy) is 3. The lowest BCUT2D eigenvalue weighted by atomic mass is 9.95. The molecule has 0 radical (unpaired) electrons. The Balaban J connectivity index is 1.67. The van der Waals surface area contributed by atoms with Crippen molar-refractivity contribution in [3.63, 3.8) is 0 Å². The average molecular weight is 511 g/mol. The lowest BCUT2D eigenvalue weighted by Gasteiger charge is -2.30. The van der Waals surface area contributed by atoms with Gasteiger partial charge in [0.15, 0.2) is 11.7 Å². The maximum atomic E-state index is 12.7. The lowest BCUT2D eigenvalue weighted by molar-refractivity contribution is -0.139. The Morgan fingerprint density at radius 1 is 1.19 bits per heavy atom. The van der Waals surface area contributed by atoms with E-state index in [1.807, 2.05) is 44.2 Å². The van der Waals surface area contributed by atoms with Crippen LogP contribution in [-0.4, -0.2) is 42.5 Å². The molecule has 10 heteroatoms. The van der Waals surface area contributed by atoms with Crippen molar-refractivity contribution in [3.8, 4) is 11.5 Å². The van der Waals surface area contributed by atoms with Crippen LogP contribution in [0, 0.1) is 0 Å².